The van der Waals surface area contributed by atoms with Crippen molar-refractivity contribution in [2.75, 3.05) is 0 Å². The van der Waals surface area contributed by atoms with Crippen LogP contribution in [0, 0.1) is 5.92 Å². The fourth-order valence-corrected chi connectivity index (χ4v) is 2.15. The number of hydrogen-bond donors (Lipinski definition) is 2. The third kappa shape index (κ3) is 5.12. The Morgan fingerprint density at radius 2 is 2.00 bits per heavy atom. The van der Waals surface area contributed by atoms with Crippen molar-refractivity contribution in [3.63, 3.8) is 0 Å². The molecule has 0 aliphatic heterocycles. The molecule has 24 heavy (non-hydrogen) atoms. The number of rotatable bonds is 7. The number of carboxylic acid groups (broad SMARTS) is 1. The predicted molar refractivity (Wildman–Crippen MR) is 85.4 cm³/mol. The van der Waals surface area contributed by atoms with E-state index in [9.17, 15) is 9.59 Å². The molecule has 128 valence electrons. The number of aromatic carboxylic acids is 1. The molecular weight excluding hydrogens is 312 g/mol. The van der Waals surface area contributed by atoms with Crippen LogP contribution < -0.4 is 5.32 Å². The number of oxazole rings is 1. The SMILES string of the molecule is CC(C)CC(NC(=O)OCc1ccccc1)c1ncc(C(=O)O)o1. The number of ether oxygens (including phenoxy) is 1. The van der Waals surface area contributed by atoms with Crippen molar-refractivity contribution in [3.05, 3.63) is 53.7 Å². The minimum Gasteiger partial charge on any atom is -0.475 e. The van der Waals surface area contributed by atoms with Gasteiger partial charge in [-0.2, -0.15) is 0 Å². The highest BCUT2D eigenvalue weighted by Crippen LogP contribution is 2.21. The molecule has 0 spiro atoms. The van der Waals surface area contributed by atoms with E-state index in [2.05, 4.69) is 10.3 Å². The van der Waals surface area contributed by atoms with Crippen LogP contribution in [-0.4, -0.2) is 22.2 Å². The first-order valence-electron chi connectivity index (χ1n) is 7.62. The van der Waals surface area contributed by atoms with E-state index in [1.54, 1.807) is 0 Å². The minimum atomic E-state index is -1.20. The molecule has 0 aliphatic rings. The van der Waals surface area contributed by atoms with Gasteiger partial charge >= 0.3 is 12.1 Å². The molecule has 0 saturated carbocycles. The maximum absolute atomic E-state index is 12.0. The number of nitrogens with one attached hydrogen (secondary N) is 1. The molecule has 1 heterocycles. The zero-order chi connectivity index (χ0) is 17.5. The summed E-state index contributed by atoms with van der Waals surface area (Å²) in [6, 6.07) is 8.75. The second kappa shape index (κ2) is 8.14. The molecule has 2 rings (SSSR count). The van der Waals surface area contributed by atoms with Gasteiger partial charge in [0.1, 0.15) is 12.6 Å². The lowest BCUT2D eigenvalue weighted by Crippen LogP contribution is -2.30. The summed E-state index contributed by atoms with van der Waals surface area (Å²) in [5.41, 5.74) is 0.873. The van der Waals surface area contributed by atoms with Crippen molar-refractivity contribution in [3.8, 4) is 0 Å². The summed E-state index contributed by atoms with van der Waals surface area (Å²) in [5.74, 6) is -1.08. The summed E-state index contributed by atoms with van der Waals surface area (Å²) < 4.78 is 10.4. The zero-order valence-corrected chi connectivity index (χ0v) is 13.6. The van der Waals surface area contributed by atoms with Gasteiger partial charge in [-0.3, -0.25) is 0 Å². The Morgan fingerprint density at radius 3 is 2.58 bits per heavy atom. The average Bonchev–Trinajstić information content (AvgIpc) is 3.03. The minimum absolute atomic E-state index is 0.146. The Balaban J connectivity index is 1.99. The van der Waals surface area contributed by atoms with Crippen molar-refractivity contribution in [1.82, 2.24) is 10.3 Å². The number of hydrogen-bond acceptors (Lipinski definition) is 5. The number of alkyl carbamates (subject to hydrolysis) is 1. The third-order valence-corrected chi connectivity index (χ3v) is 3.24. The average molecular weight is 332 g/mol. The highest BCUT2D eigenvalue weighted by molar-refractivity contribution is 5.83. The maximum atomic E-state index is 12.0. The Morgan fingerprint density at radius 1 is 1.29 bits per heavy atom. The lowest BCUT2D eigenvalue weighted by molar-refractivity contribution is 0.0659. The Hall–Kier alpha value is -2.83. The maximum Gasteiger partial charge on any atom is 0.408 e. The highest BCUT2D eigenvalue weighted by Gasteiger charge is 2.23. The van der Waals surface area contributed by atoms with Crippen molar-refractivity contribution >= 4 is 12.1 Å². The molecule has 2 N–H and O–H groups in total. The first kappa shape index (κ1) is 17.5. The Kier molecular flexibility index (Phi) is 5.95. The lowest BCUT2D eigenvalue weighted by Gasteiger charge is -2.17. The van der Waals surface area contributed by atoms with Gasteiger partial charge in [0.15, 0.2) is 0 Å². The molecule has 1 atom stereocenters. The Bertz CT molecular complexity index is 681. The standard InChI is InChI=1S/C17H20N2O5/c1-11(2)8-13(15-18-9-14(24-15)16(20)21)19-17(22)23-10-12-6-4-3-5-7-12/h3-7,9,11,13H,8,10H2,1-2H3,(H,19,22)(H,20,21). The van der Waals surface area contributed by atoms with Gasteiger partial charge in [-0.15, -0.1) is 0 Å². The summed E-state index contributed by atoms with van der Waals surface area (Å²) in [7, 11) is 0. The largest absolute Gasteiger partial charge is 0.475 e. The van der Waals surface area contributed by atoms with E-state index in [1.165, 1.54) is 0 Å². The van der Waals surface area contributed by atoms with E-state index in [4.69, 9.17) is 14.3 Å². The summed E-state index contributed by atoms with van der Waals surface area (Å²) in [6.07, 6.45) is 1.06. The number of benzene rings is 1. The first-order chi connectivity index (χ1) is 11.5. The zero-order valence-electron chi connectivity index (χ0n) is 13.6. The molecule has 7 nitrogen and oxygen atoms in total. The van der Waals surface area contributed by atoms with E-state index in [-0.39, 0.29) is 24.2 Å². The van der Waals surface area contributed by atoms with Crippen LogP contribution >= 0.6 is 0 Å². The smallest absolute Gasteiger partial charge is 0.408 e. The van der Waals surface area contributed by atoms with Crippen LogP contribution in [0.5, 0.6) is 0 Å². The van der Waals surface area contributed by atoms with Crippen molar-refractivity contribution in [1.29, 1.82) is 0 Å². The van der Waals surface area contributed by atoms with Gasteiger partial charge in [0, 0.05) is 0 Å². The second-order valence-corrected chi connectivity index (χ2v) is 5.76. The van der Waals surface area contributed by atoms with Gasteiger partial charge in [0.25, 0.3) is 0 Å². The van der Waals surface area contributed by atoms with Gasteiger partial charge in [-0.25, -0.2) is 14.6 Å². The van der Waals surface area contributed by atoms with Crippen LogP contribution in [0.15, 0.2) is 40.9 Å². The Labute approximate surface area is 139 Å². The molecule has 1 unspecified atom stereocenters. The summed E-state index contributed by atoms with van der Waals surface area (Å²) in [6.45, 7) is 4.10. The normalized spacial score (nSPS) is 12.0. The fraction of sp³-hybridized carbons (Fsp3) is 0.353. The lowest BCUT2D eigenvalue weighted by atomic mass is 10.0. The molecular formula is C17H20N2O5. The molecule has 0 aliphatic carbocycles. The van der Waals surface area contributed by atoms with Gasteiger partial charge in [0.05, 0.1) is 6.20 Å². The summed E-state index contributed by atoms with van der Waals surface area (Å²) in [5, 5.41) is 11.6. The van der Waals surface area contributed by atoms with E-state index in [1.807, 2.05) is 44.2 Å². The fourth-order valence-electron chi connectivity index (χ4n) is 2.15. The van der Waals surface area contributed by atoms with E-state index in [0.29, 0.717) is 6.42 Å². The van der Waals surface area contributed by atoms with Crippen LogP contribution in [0.4, 0.5) is 4.79 Å². The first-order valence-corrected chi connectivity index (χ1v) is 7.62. The van der Waals surface area contributed by atoms with Crippen LogP contribution in [0.3, 0.4) is 0 Å². The molecule has 0 saturated heterocycles. The highest BCUT2D eigenvalue weighted by atomic mass is 16.5. The summed E-state index contributed by atoms with van der Waals surface area (Å²) in [4.78, 5) is 26.8. The predicted octanol–water partition coefficient (Wildman–Crippen LogP) is 3.39. The molecule has 1 aromatic heterocycles. The van der Waals surface area contributed by atoms with Crippen molar-refractivity contribution in [2.24, 2.45) is 5.92 Å². The molecule has 0 bridgehead atoms. The van der Waals surface area contributed by atoms with E-state index >= 15 is 0 Å². The number of nitrogens with zero attached hydrogens (tertiary/aromatic N) is 1. The number of aromatic nitrogens is 1. The number of amides is 1. The molecule has 2 aromatic rings. The van der Waals surface area contributed by atoms with Crippen molar-refractivity contribution < 1.29 is 23.8 Å². The number of carbonyl (C=O) groups is 2. The van der Waals surface area contributed by atoms with Gasteiger partial charge in [0.2, 0.25) is 11.7 Å². The van der Waals surface area contributed by atoms with Gasteiger partial charge in [-0.1, -0.05) is 44.2 Å². The molecule has 7 heteroatoms. The van der Waals surface area contributed by atoms with E-state index < -0.39 is 18.1 Å². The summed E-state index contributed by atoms with van der Waals surface area (Å²) >= 11 is 0. The number of carboxylic acids is 1. The molecule has 0 fully saturated rings. The van der Waals surface area contributed by atoms with Crippen LogP contribution in [0.1, 0.15) is 48.3 Å². The molecule has 1 aromatic carbocycles. The molecule has 0 radical (unpaired) electrons. The third-order valence-electron chi connectivity index (χ3n) is 3.24. The van der Waals surface area contributed by atoms with Crippen molar-refractivity contribution in [2.45, 2.75) is 32.9 Å². The number of carbonyl (C=O) groups excluding carboxylic acids is 1. The monoisotopic (exact) mass is 332 g/mol. The van der Waals surface area contributed by atoms with Gasteiger partial charge in [-0.05, 0) is 17.9 Å². The molecule has 1 amide bonds. The second-order valence-electron chi connectivity index (χ2n) is 5.76. The van der Waals surface area contributed by atoms with Crippen LogP contribution in [0.25, 0.3) is 0 Å². The van der Waals surface area contributed by atoms with Gasteiger partial charge < -0.3 is 19.6 Å². The van der Waals surface area contributed by atoms with E-state index in [0.717, 1.165) is 11.8 Å². The quantitative estimate of drug-likeness (QED) is 0.806. The van der Waals surface area contributed by atoms with Crippen LogP contribution in [0.2, 0.25) is 0 Å². The topological polar surface area (TPSA) is 102 Å². The van der Waals surface area contributed by atoms with Crippen LogP contribution in [-0.2, 0) is 11.3 Å².